The summed E-state index contributed by atoms with van der Waals surface area (Å²) in [6.45, 7) is 4.40. The van der Waals surface area contributed by atoms with Gasteiger partial charge in [0, 0.05) is 25.5 Å². The molecule has 0 radical (unpaired) electrons. The van der Waals surface area contributed by atoms with E-state index in [1.165, 1.54) is 0 Å². The highest BCUT2D eigenvalue weighted by molar-refractivity contribution is 5.67. The number of alkyl carbamates (subject to hydrolysis) is 1. The van der Waals surface area contributed by atoms with E-state index < -0.39 is 6.09 Å². The fraction of sp³-hybridized carbons (Fsp3) is 0.333. The molecule has 0 saturated carbocycles. The summed E-state index contributed by atoms with van der Waals surface area (Å²) in [4.78, 5) is 15.6. The zero-order chi connectivity index (χ0) is 14.4. The number of hydrogen-bond donors (Lipinski definition) is 1. The number of benzene rings is 1. The number of carbonyl (C=O) groups is 1. The Balaban J connectivity index is 2.04. The van der Waals surface area contributed by atoms with Crippen molar-refractivity contribution in [3.8, 4) is 11.3 Å². The first kappa shape index (κ1) is 14.1. The van der Waals surface area contributed by atoms with E-state index in [4.69, 9.17) is 9.15 Å². The molecule has 0 atom stereocenters. The van der Waals surface area contributed by atoms with Gasteiger partial charge in [0.1, 0.15) is 11.5 Å². The van der Waals surface area contributed by atoms with Crippen LogP contribution in [0.3, 0.4) is 0 Å². The van der Waals surface area contributed by atoms with Crippen LogP contribution in [-0.4, -0.2) is 24.2 Å². The van der Waals surface area contributed by atoms with Crippen molar-refractivity contribution in [2.24, 2.45) is 0 Å². The summed E-state index contributed by atoms with van der Waals surface area (Å²) < 4.78 is 10.4. The number of nitrogens with zero attached hydrogens (tertiary/aromatic N) is 1. The van der Waals surface area contributed by atoms with Gasteiger partial charge in [0.25, 0.3) is 0 Å². The van der Waals surface area contributed by atoms with Gasteiger partial charge in [-0.2, -0.15) is 0 Å². The predicted octanol–water partition coefficient (Wildman–Crippen LogP) is 2.94. The maximum absolute atomic E-state index is 11.2. The molecule has 2 aromatic rings. The quantitative estimate of drug-likeness (QED) is 0.910. The first-order valence-electron chi connectivity index (χ1n) is 6.63. The summed E-state index contributed by atoms with van der Waals surface area (Å²) in [6, 6.07) is 9.84. The summed E-state index contributed by atoms with van der Waals surface area (Å²) in [5.74, 6) is 1.39. The Morgan fingerprint density at radius 3 is 2.80 bits per heavy atom. The summed E-state index contributed by atoms with van der Waals surface area (Å²) >= 11 is 0. The second-order valence-corrected chi connectivity index (χ2v) is 4.27. The van der Waals surface area contributed by atoms with E-state index >= 15 is 0 Å². The van der Waals surface area contributed by atoms with Gasteiger partial charge in [-0.3, -0.25) is 0 Å². The first-order valence-corrected chi connectivity index (χ1v) is 6.63. The van der Waals surface area contributed by atoms with E-state index in [9.17, 15) is 4.79 Å². The van der Waals surface area contributed by atoms with E-state index in [1.54, 1.807) is 6.92 Å². The number of amides is 1. The van der Waals surface area contributed by atoms with Crippen molar-refractivity contribution in [3.05, 3.63) is 42.0 Å². The lowest BCUT2D eigenvalue weighted by Crippen LogP contribution is -2.26. The molecule has 0 aliphatic rings. The second-order valence-electron chi connectivity index (χ2n) is 4.27. The zero-order valence-corrected chi connectivity index (χ0v) is 11.7. The molecule has 0 fully saturated rings. The third-order valence-electron chi connectivity index (χ3n) is 2.75. The molecule has 1 heterocycles. The van der Waals surface area contributed by atoms with E-state index in [-0.39, 0.29) is 0 Å². The number of ether oxygens (including phenoxy) is 1. The van der Waals surface area contributed by atoms with Crippen LogP contribution in [0.2, 0.25) is 0 Å². The molecule has 1 aromatic carbocycles. The predicted molar refractivity (Wildman–Crippen MR) is 75.4 cm³/mol. The molecule has 0 unspecified atom stereocenters. The summed E-state index contributed by atoms with van der Waals surface area (Å²) in [7, 11) is 0. The van der Waals surface area contributed by atoms with Crippen molar-refractivity contribution >= 4 is 6.09 Å². The standard InChI is InChI=1S/C15H18N2O3/c1-3-19-15(18)16-10-9-13-14(17-11(2)20-13)12-7-5-4-6-8-12/h4-8H,3,9-10H2,1-2H3,(H,16,18). The van der Waals surface area contributed by atoms with Gasteiger partial charge in [-0.05, 0) is 6.92 Å². The van der Waals surface area contributed by atoms with Crippen LogP contribution in [0.15, 0.2) is 34.7 Å². The molecule has 1 amide bonds. The Kier molecular flexibility index (Phi) is 4.76. The van der Waals surface area contributed by atoms with E-state index in [2.05, 4.69) is 10.3 Å². The number of hydrogen-bond acceptors (Lipinski definition) is 4. The summed E-state index contributed by atoms with van der Waals surface area (Å²) in [6.07, 6.45) is 0.161. The SMILES string of the molecule is CCOC(=O)NCCc1oc(C)nc1-c1ccccc1. The Bertz CT molecular complexity index is 564. The van der Waals surface area contributed by atoms with Crippen LogP contribution in [0.4, 0.5) is 4.79 Å². The van der Waals surface area contributed by atoms with Gasteiger partial charge in [0.2, 0.25) is 0 Å². The molecule has 0 saturated heterocycles. The highest BCUT2D eigenvalue weighted by Gasteiger charge is 2.13. The zero-order valence-electron chi connectivity index (χ0n) is 11.7. The Hall–Kier alpha value is -2.30. The molecule has 0 spiro atoms. The molecule has 1 N–H and O–H groups in total. The van der Waals surface area contributed by atoms with Crippen LogP contribution >= 0.6 is 0 Å². The van der Waals surface area contributed by atoms with Crippen molar-refractivity contribution in [2.75, 3.05) is 13.2 Å². The van der Waals surface area contributed by atoms with Gasteiger partial charge in [-0.15, -0.1) is 0 Å². The van der Waals surface area contributed by atoms with Crippen LogP contribution in [-0.2, 0) is 11.2 Å². The number of nitrogens with one attached hydrogen (secondary N) is 1. The van der Waals surface area contributed by atoms with Gasteiger partial charge in [0.05, 0.1) is 6.61 Å². The monoisotopic (exact) mass is 274 g/mol. The second kappa shape index (κ2) is 6.75. The largest absolute Gasteiger partial charge is 0.450 e. The van der Waals surface area contributed by atoms with E-state index in [0.29, 0.717) is 25.5 Å². The van der Waals surface area contributed by atoms with E-state index in [0.717, 1.165) is 17.0 Å². The smallest absolute Gasteiger partial charge is 0.407 e. The van der Waals surface area contributed by atoms with Crippen LogP contribution < -0.4 is 5.32 Å². The van der Waals surface area contributed by atoms with Crippen molar-refractivity contribution in [2.45, 2.75) is 20.3 Å². The van der Waals surface area contributed by atoms with Gasteiger partial charge in [0.15, 0.2) is 5.89 Å². The average molecular weight is 274 g/mol. The Morgan fingerprint density at radius 1 is 1.35 bits per heavy atom. The van der Waals surface area contributed by atoms with Crippen LogP contribution in [0.1, 0.15) is 18.6 Å². The molecule has 20 heavy (non-hydrogen) atoms. The fourth-order valence-electron chi connectivity index (χ4n) is 1.92. The Morgan fingerprint density at radius 2 is 2.10 bits per heavy atom. The van der Waals surface area contributed by atoms with Crippen molar-refractivity contribution in [1.29, 1.82) is 0 Å². The molecule has 5 nitrogen and oxygen atoms in total. The lowest BCUT2D eigenvalue weighted by atomic mass is 10.1. The maximum atomic E-state index is 11.2. The van der Waals surface area contributed by atoms with Gasteiger partial charge >= 0.3 is 6.09 Å². The molecular formula is C15H18N2O3. The van der Waals surface area contributed by atoms with Crippen LogP contribution in [0, 0.1) is 6.92 Å². The van der Waals surface area contributed by atoms with E-state index in [1.807, 2.05) is 37.3 Å². The number of aromatic nitrogens is 1. The highest BCUT2D eigenvalue weighted by atomic mass is 16.5. The average Bonchev–Trinajstić information content (AvgIpc) is 2.81. The third-order valence-corrected chi connectivity index (χ3v) is 2.75. The minimum atomic E-state index is -0.412. The fourth-order valence-corrected chi connectivity index (χ4v) is 1.92. The molecule has 0 aliphatic heterocycles. The minimum absolute atomic E-state index is 0.364. The molecule has 0 aliphatic carbocycles. The van der Waals surface area contributed by atoms with Crippen LogP contribution in [0.25, 0.3) is 11.3 Å². The summed E-state index contributed by atoms with van der Waals surface area (Å²) in [5, 5.41) is 2.67. The number of carbonyl (C=O) groups excluding carboxylic acids is 1. The van der Waals surface area contributed by atoms with Gasteiger partial charge < -0.3 is 14.5 Å². The van der Waals surface area contributed by atoms with Crippen molar-refractivity contribution in [1.82, 2.24) is 10.3 Å². The van der Waals surface area contributed by atoms with Gasteiger partial charge in [-0.1, -0.05) is 30.3 Å². The third kappa shape index (κ3) is 3.60. The summed E-state index contributed by atoms with van der Waals surface area (Å²) in [5.41, 5.74) is 1.84. The first-order chi connectivity index (χ1) is 9.70. The maximum Gasteiger partial charge on any atom is 0.407 e. The molecule has 5 heteroatoms. The normalized spacial score (nSPS) is 10.3. The van der Waals surface area contributed by atoms with Crippen molar-refractivity contribution in [3.63, 3.8) is 0 Å². The number of oxazole rings is 1. The minimum Gasteiger partial charge on any atom is -0.450 e. The topological polar surface area (TPSA) is 64.4 Å². The van der Waals surface area contributed by atoms with Crippen LogP contribution in [0.5, 0.6) is 0 Å². The molecular weight excluding hydrogens is 256 g/mol. The lowest BCUT2D eigenvalue weighted by molar-refractivity contribution is 0.152. The molecule has 1 aromatic heterocycles. The highest BCUT2D eigenvalue weighted by Crippen LogP contribution is 2.23. The van der Waals surface area contributed by atoms with Gasteiger partial charge in [-0.25, -0.2) is 9.78 Å². The number of aryl methyl sites for hydroxylation is 1. The molecule has 0 bridgehead atoms. The molecule has 106 valence electrons. The lowest BCUT2D eigenvalue weighted by Gasteiger charge is -2.04. The molecule has 2 rings (SSSR count). The Labute approximate surface area is 118 Å². The van der Waals surface area contributed by atoms with Crippen molar-refractivity contribution < 1.29 is 13.9 Å². The number of rotatable bonds is 5.